The first-order valence-electron chi connectivity index (χ1n) is 7.22. The second-order valence-corrected chi connectivity index (χ2v) is 5.07. The van der Waals surface area contributed by atoms with Gasteiger partial charge in [0.05, 0.1) is 7.11 Å². The van der Waals surface area contributed by atoms with E-state index in [-0.39, 0.29) is 5.92 Å². The van der Waals surface area contributed by atoms with Gasteiger partial charge < -0.3 is 16.0 Å². The monoisotopic (exact) mass is 303 g/mol. The number of ketones is 1. The first-order valence-corrected chi connectivity index (χ1v) is 7.22. The number of esters is 1. The van der Waals surface area contributed by atoms with E-state index in [1.54, 1.807) is 12.1 Å². The van der Waals surface area contributed by atoms with E-state index in [2.05, 4.69) is 9.53 Å². The van der Waals surface area contributed by atoms with E-state index >= 15 is 0 Å². The zero-order chi connectivity index (χ0) is 16.5. The molecule has 0 aliphatic rings. The molecule has 1 aromatic rings. The molecule has 0 heterocycles. The Hall–Kier alpha value is -2.46. The van der Waals surface area contributed by atoms with Crippen LogP contribution in [0.2, 0.25) is 0 Å². The molecule has 1 unspecified atom stereocenters. The number of nitrogen functional groups attached to an aromatic ring is 1. The summed E-state index contributed by atoms with van der Waals surface area (Å²) in [6.07, 6.45) is 2.64. The van der Waals surface area contributed by atoms with Crippen LogP contribution in [-0.2, 0) is 20.7 Å². The highest BCUT2D eigenvalue weighted by Gasteiger charge is 2.35. The maximum absolute atomic E-state index is 12.3. The van der Waals surface area contributed by atoms with Crippen molar-refractivity contribution in [2.24, 2.45) is 5.92 Å². The molecule has 0 aromatic heterocycles. The molecule has 0 bridgehead atoms. The van der Waals surface area contributed by atoms with Gasteiger partial charge in [-0.1, -0.05) is 25.5 Å². The van der Waals surface area contributed by atoms with Crippen LogP contribution in [0.5, 0.6) is 0 Å². The Balaban J connectivity index is 2.80. The van der Waals surface area contributed by atoms with Crippen LogP contribution < -0.4 is 5.73 Å². The lowest BCUT2D eigenvalue weighted by atomic mass is 9.89. The summed E-state index contributed by atoms with van der Waals surface area (Å²) in [6.45, 7) is 1.96. The molecule has 0 aliphatic heterocycles. The molecule has 6 nitrogen and oxygen atoms in total. The van der Waals surface area contributed by atoms with Gasteiger partial charge in [-0.3, -0.25) is 4.79 Å². The third-order valence-corrected chi connectivity index (χ3v) is 3.48. The molecular weight excluding hydrogens is 282 g/mol. The summed E-state index contributed by atoms with van der Waals surface area (Å²) < 4.78 is 4.46. The minimum Gasteiger partial charge on any atom is -0.460 e. The summed E-state index contributed by atoms with van der Waals surface area (Å²) >= 11 is 0. The van der Waals surface area contributed by atoms with Crippen LogP contribution in [-0.4, -0.2) is 29.4 Å². The molecule has 0 fully saturated rings. The lowest BCUT2D eigenvalue weighted by molar-refractivity contribution is -0.140. The number of hydrogen-bond donors (Lipinski definition) is 1. The van der Waals surface area contributed by atoms with Gasteiger partial charge in [-0.05, 0) is 37.0 Å². The number of nitrogens with two attached hydrogens (primary N) is 1. The van der Waals surface area contributed by atoms with Crippen molar-refractivity contribution >= 4 is 23.2 Å². The molecule has 118 valence electrons. The summed E-state index contributed by atoms with van der Waals surface area (Å²) in [5.74, 6) is -1.78. The molecule has 0 aliphatic carbocycles. The molecule has 0 saturated heterocycles. The third kappa shape index (κ3) is 4.82. The van der Waals surface area contributed by atoms with Gasteiger partial charge in [0.2, 0.25) is 0 Å². The molecular formula is C16H21N3O3. The van der Waals surface area contributed by atoms with E-state index in [0.717, 1.165) is 19.1 Å². The van der Waals surface area contributed by atoms with Crippen LogP contribution in [0.1, 0.15) is 31.7 Å². The van der Waals surface area contributed by atoms with E-state index in [9.17, 15) is 9.59 Å². The smallest absolute Gasteiger partial charge is 0.441 e. The van der Waals surface area contributed by atoms with Crippen LogP contribution >= 0.6 is 0 Å². The first-order chi connectivity index (χ1) is 10.5. The van der Waals surface area contributed by atoms with Gasteiger partial charge in [-0.25, -0.2) is 4.79 Å². The molecule has 1 aromatic carbocycles. The summed E-state index contributed by atoms with van der Waals surface area (Å²) in [5, 5.41) is 0. The number of ether oxygens (including phenoxy) is 1. The molecule has 6 heteroatoms. The van der Waals surface area contributed by atoms with Crippen molar-refractivity contribution in [3.8, 4) is 0 Å². The van der Waals surface area contributed by atoms with Gasteiger partial charge in [-0.2, -0.15) is 4.79 Å². The number of aryl methyl sites for hydroxylation is 1. The molecule has 1 atom stereocenters. The summed E-state index contributed by atoms with van der Waals surface area (Å²) in [6, 6.07) is 7.43. The Labute approximate surface area is 129 Å². The average Bonchev–Trinajstić information content (AvgIpc) is 2.53. The van der Waals surface area contributed by atoms with Crippen molar-refractivity contribution in [2.45, 2.75) is 32.6 Å². The molecule has 1 rings (SSSR count). The van der Waals surface area contributed by atoms with Gasteiger partial charge in [0, 0.05) is 11.6 Å². The fraction of sp³-hybridized carbons (Fsp3) is 0.438. The molecule has 0 radical (unpaired) electrons. The highest BCUT2D eigenvalue weighted by Crippen LogP contribution is 2.18. The van der Waals surface area contributed by atoms with E-state index in [1.165, 1.54) is 0 Å². The minimum atomic E-state index is -0.916. The van der Waals surface area contributed by atoms with Gasteiger partial charge in [0.1, 0.15) is 0 Å². The number of rotatable bonds is 8. The lowest BCUT2D eigenvalue weighted by Gasteiger charge is -2.12. The van der Waals surface area contributed by atoms with Crippen LogP contribution in [0.3, 0.4) is 0 Å². The standard InChI is InChI=1S/C16H21N3O3/c1-3-4-12(15(20)14(19-18)16(21)22-2)8-5-11-6-9-13(17)10-7-11/h6-7,9-10,12H,3-5,8,17H2,1-2H3. The van der Waals surface area contributed by atoms with E-state index < -0.39 is 17.5 Å². The van der Waals surface area contributed by atoms with Crippen molar-refractivity contribution in [1.82, 2.24) is 0 Å². The SMILES string of the molecule is CCCC(CCc1ccc(N)cc1)C(=O)C(=[N+]=[N-])C(=O)OC. The second kappa shape index (κ2) is 8.74. The van der Waals surface area contributed by atoms with Crippen LogP contribution in [0, 0.1) is 5.92 Å². The molecule has 2 N–H and O–H groups in total. The predicted molar refractivity (Wildman–Crippen MR) is 83.2 cm³/mol. The van der Waals surface area contributed by atoms with Crippen molar-refractivity contribution < 1.29 is 19.1 Å². The first kappa shape index (κ1) is 17.6. The largest absolute Gasteiger partial charge is 0.460 e. The zero-order valence-corrected chi connectivity index (χ0v) is 12.9. The van der Waals surface area contributed by atoms with Gasteiger partial charge in [-0.15, -0.1) is 0 Å². The van der Waals surface area contributed by atoms with Crippen molar-refractivity contribution in [1.29, 1.82) is 0 Å². The van der Waals surface area contributed by atoms with Gasteiger partial charge >= 0.3 is 11.7 Å². The number of Topliss-reactive ketones (excluding diaryl/α,β-unsaturated/α-hetero) is 1. The molecule has 0 spiro atoms. The summed E-state index contributed by atoms with van der Waals surface area (Å²) in [5.41, 5.74) is 15.7. The quantitative estimate of drug-likeness (QED) is 0.198. The number of anilines is 1. The molecule has 0 amide bonds. The van der Waals surface area contributed by atoms with Crippen molar-refractivity contribution in [2.75, 3.05) is 12.8 Å². The van der Waals surface area contributed by atoms with Crippen LogP contribution in [0.4, 0.5) is 5.69 Å². The number of benzene rings is 1. The number of methoxy groups -OCH3 is 1. The molecule has 22 heavy (non-hydrogen) atoms. The predicted octanol–water partition coefficient (Wildman–Crippen LogP) is 2.03. The summed E-state index contributed by atoms with van der Waals surface area (Å²) in [7, 11) is 1.14. The highest BCUT2D eigenvalue weighted by molar-refractivity contribution is 6.62. The zero-order valence-electron chi connectivity index (χ0n) is 12.9. The Morgan fingerprint density at radius 2 is 1.91 bits per heavy atom. The highest BCUT2D eigenvalue weighted by atomic mass is 16.5. The van der Waals surface area contributed by atoms with Crippen LogP contribution in [0.25, 0.3) is 5.53 Å². The second-order valence-electron chi connectivity index (χ2n) is 5.07. The van der Waals surface area contributed by atoms with Gasteiger partial charge in [0.15, 0.2) is 0 Å². The Morgan fingerprint density at radius 3 is 2.41 bits per heavy atom. The van der Waals surface area contributed by atoms with Crippen molar-refractivity contribution in [3.63, 3.8) is 0 Å². The summed E-state index contributed by atoms with van der Waals surface area (Å²) in [4.78, 5) is 26.6. The Morgan fingerprint density at radius 1 is 1.27 bits per heavy atom. The minimum absolute atomic E-state index is 0.382. The number of carbonyl (C=O) groups excluding carboxylic acids is 2. The third-order valence-electron chi connectivity index (χ3n) is 3.48. The van der Waals surface area contributed by atoms with E-state index in [4.69, 9.17) is 11.3 Å². The fourth-order valence-corrected chi connectivity index (χ4v) is 2.26. The van der Waals surface area contributed by atoms with Crippen molar-refractivity contribution in [3.05, 3.63) is 35.4 Å². The maximum atomic E-state index is 12.3. The fourth-order valence-electron chi connectivity index (χ4n) is 2.26. The average molecular weight is 303 g/mol. The van der Waals surface area contributed by atoms with E-state index in [0.29, 0.717) is 24.9 Å². The lowest BCUT2D eigenvalue weighted by Crippen LogP contribution is -2.32. The maximum Gasteiger partial charge on any atom is 0.441 e. The number of nitrogens with zero attached hydrogens (tertiary/aromatic N) is 2. The Bertz CT molecular complexity index is 575. The number of hydrogen-bond acceptors (Lipinski definition) is 4. The normalized spacial score (nSPS) is 11.4. The molecule has 0 saturated carbocycles. The van der Waals surface area contributed by atoms with Crippen LogP contribution in [0.15, 0.2) is 24.3 Å². The topological polar surface area (TPSA) is 106 Å². The Kier molecular flexibility index (Phi) is 6.99. The number of carbonyl (C=O) groups is 2. The van der Waals surface area contributed by atoms with E-state index in [1.807, 2.05) is 19.1 Å². The van der Waals surface area contributed by atoms with Gasteiger partial charge in [0.25, 0.3) is 5.78 Å².